The summed E-state index contributed by atoms with van der Waals surface area (Å²) in [6.07, 6.45) is 0.273. The lowest BCUT2D eigenvalue weighted by Gasteiger charge is -2.25. The Morgan fingerprint density at radius 1 is 1.17 bits per heavy atom. The van der Waals surface area contributed by atoms with Crippen molar-refractivity contribution in [2.24, 2.45) is 5.92 Å². The van der Waals surface area contributed by atoms with Gasteiger partial charge in [-0.3, -0.25) is 9.59 Å². The molecule has 0 bridgehead atoms. The van der Waals surface area contributed by atoms with Crippen molar-refractivity contribution in [2.45, 2.75) is 26.3 Å². The number of hydrogen-bond donors (Lipinski definition) is 1. The second kappa shape index (κ2) is 6.87. The molecule has 1 saturated heterocycles. The number of anilines is 1. The molecule has 2 amide bonds. The molecule has 1 aliphatic rings. The molecule has 0 aliphatic carbocycles. The van der Waals surface area contributed by atoms with Gasteiger partial charge < -0.3 is 10.2 Å². The fourth-order valence-corrected chi connectivity index (χ4v) is 3.16. The van der Waals surface area contributed by atoms with Crippen LogP contribution in [0.4, 0.5) is 5.69 Å². The number of carbonyl (C=O) groups is 2. The quantitative estimate of drug-likeness (QED) is 0.936. The van der Waals surface area contributed by atoms with Crippen LogP contribution in [-0.4, -0.2) is 23.3 Å². The van der Waals surface area contributed by atoms with E-state index in [-0.39, 0.29) is 30.2 Å². The molecule has 0 unspecified atom stereocenters. The highest BCUT2D eigenvalue weighted by Crippen LogP contribution is 2.29. The number of amides is 2. The van der Waals surface area contributed by atoms with E-state index >= 15 is 0 Å². The Morgan fingerprint density at radius 2 is 1.92 bits per heavy atom. The molecule has 3 rings (SSSR count). The third-order valence-electron chi connectivity index (χ3n) is 4.56. The van der Waals surface area contributed by atoms with Gasteiger partial charge in [-0.15, -0.1) is 0 Å². The van der Waals surface area contributed by atoms with Crippen LogP contribution in [0.2, 0.25) is 0 Å². The molecule has 1 aliphatic heterocycles. The molecule has 1 heterocycles. The first-order valence-electron chi connectivity index (χ1n) is 8.26. The molecule has 0 saturated carbocycles. The second-order valence-electron chi connectivity index (χ2n) is 6.39. The first-order chi connectivity index (χ1) is 11.5. The standard InChI is InChI=1S/C20H22N2O2/c1-14-7-6-10-18(11-14)21-20(24)17-12-19(23)22(13-17)15(2)16-8-4-3-5-9-16/h3-11,15,17H,12-13H2,1-2H3,(H,21,24)/t15-,17+/m1/s1. The zero-order valence-corrected chi connectivity index (χ0v) is 14.0. The van der Waals surface area contributed by atoms with Gasteiger partial charge in [-0.25, -0.2) is 0 Å². The van der Waals surface area contributed by atoms with E-state index in [1.807, 2.05) is 68.4 Å². The molecule has 0 radical (unpaired) electrons. The molecule has 24 heavy (non-hydrogen) atoms. The second-order valence-corrected chi connectivity index (χ2v) is 6.39. The fraction of sp³-hybridized carbons (Fsp3) is 0.300. The maximum absolute atomic E-state index is 12.5. The van der Waals surface area contributed by atoms with E-state index in [2.05, 4.69) is 5.32 Å². The number of rotatable bonds is 4. The van der Waals surface area contributed by atoms with Gasteiger partial charge in [0.25, 0.3) is 0 Å². The molecule has 4 nitrogen and oxygen atoms in total. The lowest BCUT2D eigenvalue weighted by Crippen LogP contribution is -2.30. The van der Waals surface area contributed by atoms with Gasteiger partial charge in [-0.05, 0) is 37.1 Å². The Hall–Kier alpha value is -2.62. The van der Waals surface area contributed by atoms with Crippen molar-refractivity contribution in [3.63, 3.8) is 0 Å². The van der Waals surface area contributed by atoms with Gasteiger partial charge in [-0.2, -0.15) is 0 Å². The summed E-state index contributed by atoms with van der Waals surface area (Å²) >= 11 is 0. The summed E-state index contributed by atoms with van der Waals surface area (Å²) in [7, 11) is 0. The van der Waals surface area contributed by atoms with Crippen molar-refractivity contribution in [1.29, 1.82) is 0 Å². The van der Waals surface area contributed by atoms with Crippen molar-refractivity contribution >= 4 is 17.5 Å². The molecule has 2 aromatic rings. The highest BCUT2D eigenvalue weighted by molar-refractivity contribution is 5.97. The Bertz CT molecular complexity index is 742. The number of hydrogen-bond acceptors (Lipinski definition) is 2. The van der Waals surface area contributed by atoms with Crippen molar-refractivity contribution in [2.75, 3.05) is 11.9 Å². The third kappa shape index (κ3) is 3.48. The minimum Gasteiger partial charge on any atom is -0.335 e. The van der Waals surface area contributed by atoms with E-state index in [0.717, 1.165) is 16.8 Å². The summed E-state index contributed by atoms with van der Waals surface area (Å²) in [4.78, 5) is 26.6. The third-order valence-corrected chi connectivity index (χ3v) is 4.56. The van der Waals surface area contributed by atoms with Gasteiger partial charge in [0, 0.05) is 18.7 Å². The highest BCUT2D eigenvalue weighted by atomic mass is 16.2. The Labute approximate surface area is 142 Å². The number of aryl methyl sites for hydroxylation is 1. The summed E-state index contributed by atoms with van der Waals surface area (Å²) in [6.45, 7) is 4.46. The van der Waals surface area contributed by atoms with E-state index in [0.29, 0.717) is 6.54 Å². The van der Waals surface area contributed by atoms with Crippen LogP contribution in [-0.2, 0) is 9.59 Å². The van der Waals surface area contributed by atoms with Crippen LogP contribution >= 0.6 is 0 Å². The zero-order chi connectivity index (χ0) is 17.1. The maximum Gasteiger partial charge on any atom is 0.229 e. The van der Waals surface area contributed by atoms with Crippen LogP contribution in [0, 0.1) is 12.8 Å². The topological polar surface area (TPSA) is 49.4 Å². The summed E-state index contributed by atoms with van der Waals surface area (Å²) in [5.74, 6) is -0.350. The molecule has 0 spiro atoms. The van der Waals surface area contributed by atoms with Gasteiger partial charge in [-0.1, -0.05) is 42.5 Å². The molecule has 4 heteroatoms. The van der Waals surface area contributed by atoms with Crippen molar-refractivity contribution in [1.82, 2.24) is 4.90 Å². The lowest BCUT2D eigenvalue weighted by atomic mass is 10.1. The number of likely N-dealkylation sites (tertiary alicyclic amines) is 1. The molecule has 0 aromatic heterocycles. The van der Waals surface area contributed by atoms with E-state index < -0.39 is 0 Å². The summed E-state index contributed by atoms with van der Waals surface area (Å²) in [6, 6.07) is 17.6. The van der Waals surface area contributed by atoms with E-state index in [9.17, 15) is 9.59 Å². The van der Waals surface area contributed by atoms with Crippen molar-refractivity contribution < 1.29 is 9.59 Å². The normalized spacial score (nSPS) is 18.5. The summed E-state index contributed by atoms with van der Waals surface area (Å²) < 4.78 is 0. The minimum absolute atomic E-state index is 0.0181. The van der Waals surface area contributed by atoms with Gasteiger partial charge in [0.05, 0.1) is 12.0 Å². The number of benzene rings is 2. The smallest absolute Gasteiger partial charge is 0.229 e. The van der Waals surface area contributed by atoms with Crippen LogP contribution in [0.25, 0.3) is 0 Å². The van der Waals surface area contributed by atoms with E-state index in [1.54, 1.807) is 4.90 Å². The van der Waals surface area contributed by atoms with Crippen LogP contribution < -0.4 is 5.32 Å². The van der Waals surface area contributed by atoms with Crippen molar-refractivity contribution in [3.05, 3.63) is 65.7 Å². The van der Waals surface area contributed by atoms with Crippen LogP contribution in [0.15, 0.2) is 54.6 Å². The molecule has 1 fully saturated rings. The molecule has 2 atom stereocenters. The summed E-state index contributed by atoms with van der Waals surface area (Å²) in [5.41, 5.74) is 2.96. The summed E-state index contributed by atoms with van der Waals surface area (Å²) in [5, 5.41) is 2.93. The molecule has 124 valence electrons. The van der Waals surface area contributed by atoms with Crippen LogP contribution in [0.5, 0.6) is 0 Å². The van der Waals surface area contributed by atoms with Gasteiger partial charge >= 0.3 is 0 Å². The van der Waals surface area contributed by atoms with E-state index in [4.69, 9.17) is 0 Å². The van der Waals surface area contributed by atoms with Gasteiger partial charge in [0.2, 0.25) is 11.8 Å². The lowest BCUT2D eigenvalue weighted by molar-refractivity contribution is -0.129. The Morgan fingerprint density at radius 3 is 2.62 bits per heavy atom. The van der Waals surface area contributed by atoms with Crippen LogP contribution in [0.3, 0.4) is 0 Å². The fourth-order valence-electron chi connectivity index (χ4n) is 3.16. The van der Waals surface area contributed by atoms with Gasteiger partial charge in [0.1, 0.15) is 0 Å². The monoisotopic (exact) mass is 322 g/mol. The first-order valence-corrected chi connectivity index (χ1v) is 8.26. The SMILES string of the molecule is Cc1cccc(NC(=O)[C@H]2CC(=O)N([C@H](C)c3ccccc3)C2)c1. The maximum atomic E-state index is 12.5. The predicted octanol–water partition coefficient (Wildman–Crippen LogP) is 3.54. The van der Waals surface area contributed by atoms with Gasteiger partial charge in [0.15, 0.2) is 0 Å². The zero-order valence-electron chi connectivity index (χ0n) is 14.0. The Kier molecular flexibility index (Phi) is 4.65. The van der Waals surface area contributed by atoms with Crippen LogP contribution in [0.1, 0.15) is 30.5 Å². The van der Waals surface area contributed by atoms with E-state index in [1.165, 1.54) is 0 Å². The minimum atomic E-state index is -0.302. The Balaban J connectivity index is 1.67. The van der Waals surface area contributed by atoms with Crippen molar-refractivity contribution in [3.8, 4) is 0 Å². The molecule has 1 N–H and O–H groups in total. The predicted molar refractivity (Wildman–Crippen MR) is 94.5 cm³/mol. The molecular weight excluding hydrogens is 300 g/mol. The average molecular weight is 322 g/mol. The first kappa shape index (κ1) is 16.2. The number of carbonyl (C=O) groups excluding carboxylic acids is 2. The number of nitrogens with one attached hydrogen (secondary N) is 1. The number of nitrogens with zero attached hydrogens (tertiary/aromatic N) is 1. The largest absolute Gasteiger partial charge is 0.335 e. The molecule has 2 aromatic carbocycles. The average Bonchev–Trinajstić information content (AvgIpc) is 2.97. The highest BCUT2D eigenvalue weighted by Gasteiger charge is 2.36. The molecular formula is C20H22N2O2.